The number of hydrogen-bond acceptors (Lipinski definition) is 8. The van der Waals surface area contributed by atoms with Crippen LogP contribution in [0.2, 0.25) is 0 Å². The summed E-state index contributed by atoms with van der Waals surface area (Å²) in [5.74, 6) is 2.07. The molecule has 0 spiro atoms. The van der Waals surface area contributed by atoms with Crippen molar-refractivity contribution in [1.29, 1.82) is 0 Å². The molecule has 6 rings (SSSR count). The van der Waals surface area contributed by atoms with Gasteiger partial charge < -0.3 is 20.3 Å². The SMILES string of the molecule is CNc1nc2cc(F)ccc2n1-c1nc(-c2c(C)nn(CC3CCCNC3)c2C)cc(N2CCOC[C@H]2C)n1.[2HH].[2H][2H].[2H][2H].[2H][2H].[2H][2H].[2H][2H].[2H][2H].[2H][2H].[2H][2H].[2H][2H].[2H][2H].[2H][2H].[2H][2H].[2H][2H].[2H][2H].[2H][2H].[2H][2H].[2H][2H].[2H][2H].[2H][2H]. The maximum absolute atomic E-state index is 14.0. The number of aromatic nitrogens is 6. The highest BCUT2D eigenvalue weighted by molar-refractivity contribution is 5.81. The molecular formula is C28H76FN9O. The average Bonchev–Trinajstić information content (AvgIpc) is 4.08. The van der Waals surface area contributed by atoms with Crippen molar-refractivity contribution in [3.8, 4) is 17.2 Å². The molecule has 2 aliphatic heterocycles. The molecule has 0 bridgehead atoms. The van der Waals surface area contributed by atoms with E-state index in [-0.39, 0.29) is 13.3 Å². The van der Waals surface area contributed by atoms with E-state index in [1.807, 2.05) is 11.5 Å². The third-order valence-corrected chi connectivity index (χ3v) is 7.87. The van der Waals surface area contributed by atoms with E-state index in [2.05, 4.69) is 45.1 Å². The molecule has 0 saturated carbocycles. The minimum atomic E-state index is -0.334. The second-order valence-electron chi connectivity index (χ2n) is 10.6. The van der Waals surface area contributed by atoms with Crippen molar-refractivity contribution in [3.63, 3.8) is 0 Å². The van der Waals surface area contributed by atoms with Gasteiger partial charge in [0.25, 0.3) is 0 Å². The van der Waals surface area contributed by atoms with Crippen LogP contribution in [0.15, 0.2) is 24.3 Å². The monoisotopic (exact) mass is 613 g/mol. The van der Waals surface area contributed by atoms with E-state index in [1.165, 1.54) is 25.0 Å². The summed E-state index contributed by atoms with van der Waals surface area (Å²) in [4.78, 5) is 17.0. The lowest BCUT2D eigenvalue weighted by molar-refractivity contribution is 0.0985. The Morgan fingerprint density at radius 2 is 2.10 bits per heavy atom. The van der Waals surface area contributed by atoms with Gasteiger partial charge in [-0.05, 0) is 64.8 Å². The van der Waals surface area contributed by atoms with Gasteiger partial charge in [-0.1, -0.05) is 0 Å². The van der Waals surface area contributed by atoms with Gasteiger partial charge in [-0.2, -0.15) is 10.1 Å². The first-order valence-electron chi connectivity index (χ1n) is 32.8. The number of halogens is 1. The molecule has 1 unspecified atom stereocenters. The Morgan fingerprint density at radius 3 is 2.87 bits per heavy atom. The summed E-state index contributed by atoms with van der Waals surface area (Å²) in [5, 5.41) is 11.6. The molecule has 1 aromatic carbocycles. The number of benzene rings is 1. The Hall–Kier alpha value is -3.57. The van der Waals surface area contributed by atoms with E-state index in [0.29, 0.717) is 36.5 Å². The second kappa shape index (κ2) is 10.5. The molecule has 10 nitrogen and oxygen atoms in total. The Kier molecular flexibility index (Phi) is 3.21. The Balaban J connectivity index is -0.0000000668. The predicted octanol–water partition coefficient (Wildman–Crippen LogP) is 8.62. The van der Waals surface area contributed by atoms with Gasteiger partial charge in [0.15, 0.2) is 0 Å². The fraction of sp³-hybridized carbons (Fsp3) is 0.500. The van der Waals surface area contributed by atoms with Gasteiger partial charge in [0.05, 0.1) is 41.7 Å². The summed E-state index contributed by atoms with van der Waals surface area (Å²) in [6.45, 7) is 11.3. The van der Waals surface area contributed by atoms with Gasteiger partial charge >= 0.3 is 0 Å². The summed E-state index contributed by atoms with van der Waals surface area (Å²) in [6, 6.07) is 6.81. The zero-order valence-corrected chi connectivity index (χ0v) is 23.0. The number of aryl methyl sites for hydroxylation is 1. The fourth-order valence-electron chi connectivity index (χ4n) is 5.86. The van der Waals surface area contributed by atoms with Crippen molar-refractivity contribution in [2.45, 2.75) is 46.2 Å². The number of hydrogen-bond donors (Lipinski definition) is 2. The van der Waals surface area contributed by atoms with E-state index in [4.69, 9.17) is 76.2 Å². The lowest BCUT2D eigenvalue weighted by atomic mass is 10.00. The smallest absolute Gasteiger partial charge is 0.239 e. The number of piperidine rings is 1. The predicted molar refractivity (Wildman–Crippen MR) is 192 cm³/mol. The van der Waals surface area contributed by atoms with E-state index in [0.717, 1.165) is 60.2 Å². The van der Waals surface area contributed by atoms with Gasteiger partial charge in [0.1, 0.15) is 11.6 Å². The van der Waals surface area contributed by atoms with E-state index in [9.17, 15) is 4.39 Å². The maximum Gasteiger partial charge on any atom is 0.239 e. The number of morpholine rings is 1. The number of fused-ring (bicyclic) bond motifs is 1. The van der Waals surface area contributed by atoms with Crippen LogP contribution in [-0.4, -0.2) is 75.2 Å². The van der Waals surface area contributed by atoms with Gasteiger partial charge in [-0.3, -0.25) is 4.68 Å². The molecule has 2 atom stereocenters. The van der Waals surface area contributed by atoms with Crippen molar-refractivity contribution >= 4 is 22.8 Å². The highest BCUT2D eigenvalue weighted by Gasteiger charge is 2.26. The normalized spacial score (nSPS) is 24.0. The van der Waals surface area contributed by atoms with Crippen LogP contribution in [0.4, 0.5) is 16.2 Å². The molecule has 3 aromatic heterocycles. The molecule has 2 aliphatic rings. The van der Waals surface area contributed by atoms with Crippen LogP contribution in [0.25, 0.3) is 28.2 Å². The lowest BCUT2D eigenvalue weighted by Gasteiger charge is -2.34. The zero-order chi connectivity index (χ0) is 65.1. The minimum Gasteiger partial charge on any atom is -0.377 e. The van der Waals surface area contributed by atoms with Crippen LogP contribution in [-0.2, 0) is 11.3 Å². The molecule has 0 amide bonds. The molecule has 4 aromatic rings. The number of nitrogens with one attached hydrogen (secondary N) is 2. The molecule has 0 aliphatic carbocycles. The fourth-order valence-corrected chi connectivity index (χ4v) is 5.86. The highest BCUT2D eigenvalue weighted by Crippen LogP contribution is 2.32. The number of nitrogens with zero attached hydrogens (tertiary/aromatic N) is 7. The van der Waals surface area contributed by atoms with E-state index >= 15 is 0 Å². The van der Waals surface area contributed by atoms with Gasteiger partial charge in [-0.15, -0.1) is 0 Å². The summed E-state index contributed by atoms with van der Waals surface area (Å²) in [7, 11) is 1.79. The molecule has 2 N–H and O–H groups in total. The topological polar surface area (TPSA) is 98.0 Å². The van der Waals surface area contributed by atoms with Gasteiger partial charge in [-0.25, -0.2) is 18.9 Å². The van der Waals surface area contributed by atoms with Crippen molar-refractivity contribution in [2.75, 3.05) is 50.1 Å². The first-order valence-corrected chi connectivity index (χ1v) is 13.8. The first kappa shape index (κ1) is 11.9. The molecule has 0 radical (unpaired) electrons. The summed E-state index contributed by atoms with van der Waals surface area (Å²) < 4.78 is 214. The number of anilines is 2. The number of ether oxygens (including phenoxy) is 1. The summed E-state index contributed by atoms with van der Waals surface area (Å²) >= 11 is 0. The Labute approximate surface area is 287 Å². The Morgan fingerprint density at radius 1 is 1.23 bits per heavy atom. The standard InChI is InChI=1S/C28H36FN9O.20H2/c1-17-16-39-11-10-36(17)25-13-23(26-18(2)35-37(19(26)3)15-20-6-5-9-31-14-20)33-28(34-25)38-24-8-7-21(29)12-22(24)32-27(38)30-4;;;;;;;;;;;;;;;;;;;;/h7-8,12-13,17,20,31H,5-6,9-11,14-16H2,1-4H3,(H,30,32);20*1H/t17-,20?;;;;;;;;;;;;;;;;;;;;/m1..................../s1/i;19*1+1D;1+1. The minimum absolute atomic E-state index is 0. The van der Waals surface area contributed by atoms with Crippen LogP contribution in [0.3, 0.4) is 0 Å². The van der Waals surface area contributed by atoms with Crippen molar-refractivity contribution < 1.29 is 67.0 Å². The quantitative estimate of drug-likeness (QED) is 0.223. The van der Waals surface area contributed by atoms with Crippen molar-refractivity contribution in [3.05, 3.63) is 41.5 Å². The third-order valence-electron chi connectivity index (χ3n) is 7.87. The van der Waals surface area contributed by atoms with Crippen LogP contribution in [0.1, 0.15) is 89.0 Å². The van der Waals surface area contributed by atoms with Gasteiger partial charge in [0, 0.05) is 101 Å². The third kappa shape index (κ3) is 4.85. The molecule has 39 heavy (non-hydrogen) atoms. The second-order valence-corrected chi connectivity index (χ2v) is 10.6. The summed E-state index contributed by atoms with van der Waals surface area (Å²) in [6.07, 6.45) is 2.41. The van der Waals surface area contributed by atoms with Crippen molar-refractivity contribution in [2.24, 2.45) is 5.92 Å². The number of imidazole rings is 1. The van der Waals surface area contributed by atoms with Crippen molar-refractivity contribution in [1.82, 2.24) is 34.6 Å². The van der Waals surface area contributed by atoms with Crippen LogP contribution >= 0.6 is 0 Å². The van der Waals surface area contributed by atoms with E-state index < -0.39 is 0 Å². The molecular weight excluding hydrogens is 497 g/mol. The van der Waals surface area contributed by atoms with Crippen LogP contribution in [0.5, 0.6) is 0 Å². The van der Waals surface area contributed by atoms with Crippen LogP contribution < -0.4 is 15.5 Å². The van der Waals surface area contributed by atoms with Gasteiger partial charge in [0.2, 0.25) is 11.9 Å². The molecule has 246 valence electrons. The number of rotatable bonds is 6. The zero-order valence-electron chi connectivity index (χ0n) is 61.0. The molecule has 11 heteroatoms. The lowest BCUT2D eigenvalue weighted by Crippen LogP contribution is -2.44. The highest BCUT2D eigenvalue weighted by atomic mass is 19.1. The maximum atomic E-state index is 14.0. The molecule has 5 heterocycles. The first-order chi connectivity index (χ1) is 37.9. The largest absolute Gasteiger partial charge is 0.377 e. The molecule has 2 saturated heterocycles. The average molecular weight is 613 g/mol. The van der Waals surface area contributed by atoms with E-state index in [1.54, 1.807) is 13.1 Å². The molecule has 2 fully saturated rings. The Bertz CT molecular complexity index is 1570. The van der Waals surface area contributed by atoms with Crippen LogP contribution in [0, 0.1) is 25.6 Å². The summed E-state index contributed by atoms with van der Waals surface area (Å²) in [5.41, 5.74) is 5.13.